The Balaban J connectivity index is 2.01. The first kappa shape index (κ1) is 14.8. The van der Waals surface area contributed by atoms with Gasteiger partial charge in [0, 0.05) is 18.8 Å². The number of aromatic nitrogens is 1. The molecule has 0 aliphatic carbocycles. The molecule has 6 heteroatoms. The molecule has 0 bridgehead atoms. The molecule has 0 radical (unpaired) electrons. The minimum Gasteiger partial charge on any atom is -0.447 e. The molecule has 1 heterocycles. The number of ether oxygens (including phenoxy) is 1. The molecule has 0 spiro atoms. The van der Waals surface area contributed by atoms with Gasteiger partial charge in [0.15, 0.2) is 6.10 Å². The molecule has 1 aromatic carbocycles. The van der Waals surface area contributed by atoms with Gasteiger partial charge in [0.25, 0.3) is 5.91 Å². The van der Waals surface area contributed by atoms with Gasteiger partial charge in [-0.05, 0) is 26.0 Å². The summed E-state index contributed by atoms with van der Waals surface area (Å²) in [6, 6.07) is 10.6. The van der Waals surface area contributed by atoms with E-state index < -0.39 is 12.1 Å². The molecule has 0 saturated heterocycles. The van der Waals surface area contributed by atoms with Crippen molar-refractivity contribution in [2.24, 2.45) is 0 Å². The zero-order valence-electron chi connectivity index (χ0n) is 12.1. The van der Waals surface area contributed by atoms with Crippen LogP contribution in [-0.4, -0.2) is 30.2 Å². The van der Waals surface area contributed by atoms with Gasteiger partial charge in [-0.25, -0.2) is 4.79 Å². The van der Waals surface area contributed by atoms with Gasteiger partial charge < -0.3 is 14.2 Å². The van der Waals surface area contributed by atoms with Gasteiger partial charge in [0.05, 0.1) is 5.69 Å². The third-order valence-corrected chi connectivity index (χ3v) is 2.93. The summed E-state index contributed by atoms with van der Waals surface area (Å²) >= 11 is 0. The normalized spacial score (nSPS) is 11.8. The Bertz CT molecular complexity index is 636. The molecule has 0 saturated carbocycles. The molecule has 1 atom stereocenters. The Hall–Kier alpha value is -2.63. The van der Waals surface area contributed by atoms with Crippen molar-refractivity contribution in [2.45, 2.75) is 20.0 Å². The highest BCUT2D eigenvalue weighted by Crippen LogP contribution is 2.14. The van der Waals surface area contributed by atoms with Crippen molar-refractivity contribution in [3.8, 4) is 0 Å². The molecule has 110 valence electrons. The molecular formula is C15H16N2O4. The van der Waals surface area contributed by atoms with E-state index in [0.717, 1.165) is 5.69 Å². The lowest BCUT2D eigenvalue weighted by molar-refractivity contribution is -0.126. The van der Waals surface area contributed by atoms with Gasteiger partial charge in [-0.3, -0.25) is 4.79 Å². The Labute approximate surface area is 122 Å². The highest BCUT2D eigenvalue weighted by molar-refractivity contribution is 5.98. The van der Waals surface area contributed by atoms with Crippen molar-refractivity contribution < 1.29 is 18.8 Å². The van der Waals surface area contributed by atoms with Crippen LogP contribution in [-0.2, 0) is 9.53 Å². The molecule has 1 aromatic heterocycles. The molecule has 0 aliphatic heterocycles. The molecule has 21 heavy (non-hydrogen) atoms. The number of amides is 1. The largest absolute Gasteiger partial charge is 0.447 e. The van der Waals surface area contributed by atoms with E-state index in [9.17, 15) is 9.59 Å². The lowest BCUT2D eigenvalue weighted by Crippen LogP contribution is -2.37. The fraction of sp³-hybridized carbons (Fsp3) is 0.267. The maximum Gasteiger partial charge on any atom is 0.377 e. The zero-order chi connectivity index (χ0) is 15.4. The fourth-order valence-corrected chi connectivity index (χ4v) is 1.78. The van der Waals surface area contributed by atoms with Crippen molar-refractivity contribution in [3.05, 3.63) is 47.9 Å². The summed E-state index contributed by atoms with van der Waals surface area (Å²) in [7, 11) is 1.63. The summed E-state index contributed by atoms with van der Waals surface area (Å²) < 4.78 is 9.89. The minimum atomic E-state index is -0.923. The van der Waals surface area contributed by atoms with Crippen LogP contribution in [0.2, 0.25) is 0 Å². The second-order valence-corrected chi connectivity index (χ2v) is 4.61. The van der Waals surface area contributed by atoms with Gasteiger partial charge in [-0.15, -0.1) is 0 Å². The maximum absolute atomic E-state index is 12.2. The van der Waals surface area contributed by atoms with Crippen molar-refractivity contribution in [1.29, 1.82) is 0 Å². The summed E-state index contributed by atoms with van der Waals surface area (Å²) in [5, 5.41) is 3.60. The molecular weight excluding hydrogens is 272 g/mol. The van der Waals surface area contributed by atoms with Gasteiger partial charge in [-0.2, -0.15) is 0 Å². The van der Waals surface area contributed by atoms with Crippen LogP contribution < -0.4 is 4.90 Å². The topological polar surface area (TPSA) is 72.6 Å². The molecule has 0 unspecified atom stereocenters. The van der Waals surface area contributed by atoms with Crippen molar-refractivity contribution in [1.82, 2.24) is 5.16 Å². The summed E-state index contributed by atoms with van der Waals surface area (Å²) in [6.45, 7) is 3.21. The molecule has 0 fully saturated rings. The number of aryl methyl sites for hydroxylation is 1. The number of likely N-dealkylation sites (N-methyl/N-ethyl adjacent to an activating group) is 1. The second kappa shape index (κ2) is 6.21. The van der Waals surface area contributed by atoms with Crippen LogP contribution in [0.5, 0.6) is 0 Å². The highest BCUT2D eigenvalue weighted by atomic mass is 16.6. The first-order valence-corrected chi connectivity index (χ1v) is 6.46. The molecule has 0 N–H and O–H groups in total. The minimum absolute atomic E-state index is 0.0190. The number of anilines is 1. The quantitative estimate of drug-likeness (QED) is 0.806. The number of benzene rings is 1. The third-order valence-electron chi connectivity index (χ3n) is 2.93. The third kappa shape index (κ3) is 3.47. The maximum atomic E-state index is 12.2. The molecule has 6 nitrogen and oxygen atoms in total. The number of hydrogen-bond acceptors (Lipinski definition) is 5. The number of para-hydroxylation sites is 1. The van der Waals surface area contributed by atoms with Crippen molar-refractivity contribution in [3.63, 3.8) is 0 Å². The number of carbonyl (C=O) groups is 2. The smallest absolute Gasteiger partial charge is 0.377 e. The fourth-order valence-electron chi connectivity index (χ4n) is 1.78. The Morgan fingerprint density at radius 1 is 1.29 bits per heavy atom. The summed E-state index contributed by atoms with van der Waals surface area (Å²) in [5.41, 5.74) is 1.29. The van der Waals surface area contributed by atoms with Crippen LogP contribution in [0.25, 0.3) is 0 Å². The van der Waals surface area contributed by atoms with Crippen LogP contribution in [0.15, 0.2) is 40.9 Å². The number of carbonyl (C=O) groups excluding carboxylic acids is 2. The number of hydrogen-bond donors (Lipinski definition) is 0. The first-order valence-electron chi connectivity index (χ1n) is 6.46. The standard InChI is InChI=1S/C15H16N2O4/c1-10-9-13(21-16-10)15(19)20-11(2)14(18)17(3)12-7-5-4-6-8-12/h4-9,11H,1-3H3/t11-/m1/s1. The van der Waals surface area contributed by atoms with Gasteiger partial charge >= 0.3 is 5.97 Å². The van der Waals surface area contributed by atoms with Gasteiger partial charge in [0.2, 0.25) is 5.76 Å². The van der Waals surface area contributed by atoms with Crippen molar-refractivity contribution >= 4 is 17.6 Å². The highest BCUT2D eigenvalue weighted by Gasteiger charge is 2.24. The Morgan fingerprint density at radius 3 is 2.52 bits per heavy atom. The number of nitrogens with zero attached hydrogens (tertiary/aromatic N) is 2. The lowest BCUT2D eigenvalue weighted by atomic mass is 10.2. The SMILES string of the molecule is Cc1cc(C(=O)O[C@H](C)C(=O)N(C)c2ccccc2)on1. The van der Waals surface area contributed by atoms with Crippen LogP contribution in [0.1, 0.15) is 23.2 Å². The van der Waals surface area contributed by atoms with Crippen LogP contribution in [0.3, 0.4) is 0 Å². The summed E-state index contributed by atoms with van der Waals surface area (Å²) in [6.07, 6.45) is -0.923. The van der Waals surface area contributed by atoms with Crippen LogP contribution in [0, 0.1) is 6.92 Å². The van der Waals surface area contributed by atoms with Gasteiger partial charge in [-0.1, -0.05) is 23.4 Å². The predicted octanol–water partition coefficient (Wildman–Crippen LogP) is 2.19. The van der Waals surface area contributed by atoms with Crippen LogP contribution >= 0.6 is 0 Å². The number of esters is 1. The van der Waals surface area contributed by atoms with E-state index in [0.29, 0.717) is 5.69 Å². The molecule has 1 amide bonds. The monoisotopic (exact) mass is 288 g/mol. The molecule has 2 rings (SSSR count). The van der Waals surface area contributed by atoms with E-state index in [4.69, 9.17) is 9.26 Å². The average Bonchev–Trinajstić information content (AvgIpc) is 2.93. The average molecular weight is 288 g/mol. The predicted molar refractivity (Wildman–Crippen MR) is 76.0 cm³/mol. The van der Waals surface area contributed by atoms with E-state index >= 15 is 0 Å². The van der Waals surface area contributed by atoms with E-state index in [1.807, 2.05) is 18.2 Å². The Morgan fingerprint density at radius 2 is 1.95 bits per heavy atom. The lowest BCUT2D eigenvalue weighted by Gasteiger charge is -2.21. The van der Waals surface area contributed by atoms with E-state index in [1.165, 1.54) is 17.9 Å². The van der Waals surface area contributed by atoms with Crippen LogP contribution in [0.4, 0.5) is 5.69 Å². The van der Waals surface area contributed by atoms with E-state index in [1.54, 1.807) is 26.1 Å². The summed E-state index contributed by atoms with van der Waals surface area (Å²) in [4.78, 5) is 25.5. The summed E-state index contributed by atoms with van der Waals surface area (Å²) in [5.74, 6) is -1.06. The molecule has 2 aromatic rings. The van der Waals surface area contributed by atoms with Crippen molar-refractivity contribution in [2.75, 3.05) is 11.9 Å². The van der Waals surface area contributed by atoms with E-state index in [2.05, 4.69) is 5.16 Å². The van der Waals surface area contributed by atoms with Gasteiger partial charge in [0.1, 0.15) is 0 Å². The Kier molecular flexibility index (Phi) is 4.37. The van der Waals surface area contributed by atoms with E-state index in [-0.39, 0.29) is 11.7 Å². The second-order valence-electron chi connectivity index (χ2n) is 4.61. The first-order chi connectivity index (χ1) is 9.99. The number of rotatable bonds is 4. The zero-order valence-corrected chi connectivity index (χ0v) is 12.1. The molecule has 0 aliphatic rings.